The van der Waals surface area contributed by atoms with Crippen LogP contribution in [0.2, 0.25) is 0 Å². The second kappa shape index (κ2) is 15.8. The number of rotatable bonds is 0. The average molecular weight is 318 g/mol. The first-order valence-corrected chi connectivity index (χ1v) is 5.13. The van der Waals surface area contributed by atoms with Gasteiger partial charge in [0.25, 0.3) is 0 Å². The summed E-state index contributed by atoms with van der Waals surface area (Å²) >= 11 is 0. The molecular formula is H10Ca2O9Si3. The van der Waals surface area contributed by atoms with Crippen LogP contribution in [0.1, 0.15) is 0 Å². The predicted octanol–water partition coefficient (Wildman–Crippen LogP) is -10.8. The van der Waals surface area contributed by atoms with Gasteiger partial charge in [-0.25, -0.2) is 0 Å². The Kier molecular flexibility index (Phi) is 40.6. The minimum absolute atomic E-state index is 0. The molecule has 0 aromatic rings. The van der Waals surface area contributed by atoms with Crippen LogP contribution >= 0.6 is 0 Å². The van der Waals surface area contributed by atoms with E-state index in [-0.39, 0.29) is 91.9 Å². The predicted molar refractivity (Wildman–Crippen MR) is 46.8 cm³/mol. The molecule has 14 heavy (non-hydrogen) atoms. The summed E-state index contributed by atoms with van der Waals surface area (Å²) in [6.45, 7) is 0. The number of hydrogen-bond acceptors (Lipinski definition) is 8. The van der Waals surface area contributed by atoms with Crippen molar-refractivity contribution in [1.82, 2.24) is 0 Å². The van der Waals surface area contributed by atoms with Gasteiger partial charge in [-0.05, 0) is 11.0 Å². The van der Waals surface area contributed by atoms with Gasteiger partial charge in [0, 0.05) is 0 Å². The zero-order valence-electron chi connectivity index (χ0n) is 6.34. The van der Waals surface area contributed by atoms with Crippen LogP contribution in [0.3, 0.4) is 0 Å². The van der Waals surface area contributed by atoms with E-state index in [1.165, 1.54) is 0 Å². The Morgan fingerprint density at radius 1 is 0.714 bits per heavy atom. The van der Waals surface area contributed by atoms with Crippen molar-refractivity contribution < 1.29 is 43.8 Å². The topological polar surface area (TPSA) is 205 Å². The molecule has 0 saturated heterocycles. The first-order valence-electron chi connectivity index (χ1n) is 1.71. The molecule has 0 rings (SSSR count). The molecule has 0 unspecified atom stereocenters. The summed E-state index contributed by atoms with van der Waals surface area (Å²) in [6.07, 6.45) is 0. The zero-order valence-corrected chi connectivity index (χ0v) is 12.8. The smallest absolute Gasteiger partial charge is 0.894 e. The van der Waals surface area contributed by atoms with E-state index in [9.17, 15) is 0 Å². The molecule has 0 radical (unpaired) electrons. The van der Waals surface area contributed by atoms with Crippen molar-refractivity contribution >= 4 is 105 Å². The molecule has 80 valence electrons. The van der Waals surface area contributed by atoms with Crippen LogP contribution in [-0.2, 0) is 0 Å². The van der Waals surface area contributed by atoms with Crippen molar-refractivity contribution in [1.29, 1.82) is 0 Å². The van der Waals surface area contributed by atoms with Gasteiger partial charge in [0.1, 0.15) is 0 Å². The Balaban J connectivity index is -0.0000000178. The summed E-state index contributed by atoms with van der Waals surface area (Å²) in [7, 11) is -10.2. The maximum atomic E-state index is 8.58. The van der Waals surface area contributed by atoms with Gasteiger partial charge in [-0.15, -0.1) is 0 Å². The fourth-order valence-corrected chi connectivity index (χ4v) is 0. The molecular weight excluding hydrogens is 308 g/mol. The van der Waals surface area contributed by atoms with E-state index in [0.717, 1.165) is 0 Å². The third-order valence-corrected chi connectivity index (χ3v) is 0. The molecule has 0 amide bonds. The Morgan fingerprint density at radius 2 is 0.714 bits per heavy atom. The Bertz CT molecular complexity index is 61.0. The van der Waals surface area contributed by atoms with Crippen molar-refractivity contribution in [2.45, 2.75) is 0 Å². The molecule has 0 bridgehead atoms. The van der Waals surface area contributed by atoms with E-state index >= 15 is 0 Å². The minimum Gasteiger partial charge on any atom is -0.894 e. The normalized spacial score (nSPS) is 8.57. The second-order valence-electron chi connectivity index (χ2n) is 1.10. The molecule has 6 N–H and O–H groups in total. The molecule has 0 fully saturated rings. The second-order valence-corrected chi connectivity index (χ2v) is 3.30. The van der Waals surface area contributed by atoms with Crippen molar-refractivity contribution in [3.05, 3.63) is 0 Å². The van der Waals surface area contributed by atoms with E-state index in [0.29, 0.717) is 0 Å². The zero-order chi connectivity index (χ0) is 9.00. The molecule has 0 aliphatic rings. The minimum atomic E-state index is -5.61. The molecule has 14 heteroatoms. The Labute approximate surface area is 146 Å². The molecule has 0 aromatic carbocycles. The molecule has 0 aromatic heterocycles. The van der Waals surface area contributed by atoms with Gasteiger partial charge in [0.05, 0.1) is 0 Å². The summed E-state index contributed by atoms with van der Waals surface area (Å²) in [5.74, 6) is 0. The molecule has 0 aliphatic heterocycles. The van der Waals surface area contributed by atoms with E-state index in [2.05, 4.69) is 0 Å². The van der Waals surface area contributed by atoms with Gasteiger partial charge in [0.2, 0.25) is 0 Å². The largest absolute Gasteiger partial charge is 2.00 e. The fraction of sp³-hybridized carbons (Fsp3) is 0. The third-order valence-electron chi connectivity index (χ3n) is 0. The summed E-state index contributed by atoms with van der Waals surface area (Å²) in [4.78, 5) is 63.6. The summed E-state index contributed by atoms with van der Waals surface area (Å²) in [6, 6.07) is 0. The molecule has 0 saturated carbocycles. The Hall–Kier alpha value is 2.81. The standard InChI is InChI=1S/2Ca.H4O4Si.O4Si.H2O.H4Si/c;;2*1-5(2,3)4;;/h;;1-4H;;1H2;1H4/q2*+2;;-4;;. The first kappa shape index (κ1) is 36.0. The molecule has 0 atom stereocenters. The molecule has 0 heterocycles. The van der Waals surface area contributed by atoms with Crippen LogP contribution in [0.15, 0.2) is 0 Å². The van der Waals surface area contributed by atoms with Gasteiger partial charge < -0.3 is 52.9 Å². The summed E-state index contributed by atoms with van der Waals surface area (Å²) < 4.78 is 0. The Morgan fingerprint density at radius 3 is 0.714 bits per heavy atom. The maximum absolute atomic E-state index is 8.58. The summed E-state index contributed by atoms with van der Waals surface area (Å²) in [5.41, 5.74) is 0. The van der Waals surface area contributed by atoms with E-state index < -0.39 is 18.1 Å². The first-order chi connectivity index (χ1) is 4.00. The van der Waals surface area contributed by atoms with E-state index in [1.807, 2.05) is 0 Å². The van der Waals surface area contributed by atoms with E-state index in [4.69, 9.17) is 38.4 Å². The fourth-order valence-electron chi connectivity index (χ4n) is 0. The quantitative estimate of drug-likeness (QED) is 0.315. The van der Waals surface area contributed by atoms with Crippen LogP contribution in [0.5, 0.6) is 0 Å². The molecule has 0 aliphatic carbocycles. The van der Waals surface area contributed by atoms with Gasteiger partial charge in [-0.2, -0.15) is 0 Å². The van der Waals surface area contributed by atoms with Gasteiger partial charge >= 0.3 is 84.5 Å². The van der Waals surface area contributed by atoms with Crippen molar-refractivity contribution in [3.8, 4) is 0 Å². The maximum Gasteiger partial charge on any atom is 2.00 e. The third kappa shape index (κ3) is 358. The molecule has 9 nitrogen and oxygen atoms in total. The van der Waals surface area contributed by atoms with Crippen LogP contribution in [0.25, 0.3) is 0 Å². The van der Waals surface area contributed by atoms with Crippen LogP contribution in [-0.4, -0.2) is 129 Å². The van der Waals surface area contributed by atoms with Crippen molar-refractivity contribution in [2.24, 2.45) is 0 Å². The monoisotopic (exact) mass is 318 g/mol. The summed E-state index contributed by atoms with van der Waals surface area (Å²) in [5, 5.41) is 0. The van der Waals surface area contributed by atoms with Crippen LogP contribution < -0.4 is 19.2 Å². The van der Waals surface area contributed by atoms with E-state index in [1.54, 1.807) is 0 Å². The van der Waals surface area contributed by atoms with Gasteiger partial charge in [0.15, 0.2) is 0 Å². The van der Waals surface area contributed by atoms with Crippen LogP contribution in [0, 0.1) is 0 Å². The molecule has 0 spiro atoms. The van der Waals surface area contributed by atoms with Crippen LogP contribution in [0.4, 0.5) is 0 Å². The van der Waals surface area contributed by atoms with Gasteiger partial charge in [-0.1, -0.05) is 0 Å². The average Bonchev–Trinajstić information content (AvgIpc) is 1.12. The van der Waals surface area contributed by atoms with Crippen molar-refractivity contribution in [3.63, 3.8) is 0 Å². The van der Waals surface area contributed by atoms with Crippen molar-refractivity contribution in [2.75, 3.05) is 0 Å². The SMILES string of the molecule is O.O[Si](O)(O)O.[Ca+2].[Ca+2].[O-][Si]([O-])([O-])[O-].[SiH4]. The van der Waals surface area contributed by atoms with Gasteiger partial charge in [-0.3, -0.25) is 0 Å². The number of hydrogen-bond donors (Lipinski definition) is 4.